The van der Waals surface area contributed by atoms with Crippen molar-refractivity contribution < 1.29 is 31.9 Å². The topological polar surface area (TPSA) is 46.6 Å². The molecule has 1 aliphatic heterocycles. The number of alkyl halides is 3. The second kappa shape index (κ2) is 6.19. The summed E-state index contributed by atoms with van der Waals surface area (Å²) in [6.45, 7) is 0. The zero-order valence-corrected chi connectivity index (χ0v) is 12.6. The SMILES string of the molecule is O=C1CC(c2cccc(F)c2)N(c2ccc(OC(F)(F)F)cc2)C1=O. The molecule has 0 N–H and O–H groups in total. The van der Waals surface area contributed by atoms with Crippen LogP contribution >= 0.6 is 0 Å². The third kappa shape index (κ3) is 3.62. The van der Waals surface area contributed by atoms with E-state index in [1.54, 1.807) is 6.07 Å². The fourth-order valence-corrected chi connectivity index (χ4v) is 2.72. The molecule has 2 aromatic carbocycles. The van der Waals surface area contributed by atoms with Crippen LogP contribution in [0.5, 0.6) is 5.75 Å². The quantitative estimate of drug-likeness (QED) is 0.623. The number of carbonyl (C=O) groups is 2. The first-order valence-corrected chi connectivity index (χ1v) is 7.22. The van der Waals surface area contributed by atoms with Crippen LogP contribution in [-0.2, 0) is 9.59 Å². The van der Waals surface area contributed by atoms with Gasteiger partial charge in [-0.3, -0.25) is 14.5 Å². The summed E-state index contributed by atoms with van der Waals surface area (Å²) in [5.74, 6) is -2.40. The number of rotatable bonds is 3. The monoisotopic (exact) mass is 353 g/mol. The third-order valence-electron chi connectivity index (χ3n) is 3.73. The van der Waals surface area contributed by atoms with E-state index in [-0.39, 0.29) is 12.1 Å². The molecule has 1 amide bonds. The maximum absolute atomic E-state index is 13.4. The molecule has 25 heavy (non-hydrogen) atoms. The molecule has 0 spiro atoms. The van der Waals surface area contributed by atoms with Crippen molar-refractivity contribution in [3.63, 3.8) is 0 Å². The van der Waals surface area contributed by atoms with Crippen LogP contribution < -0.4 is 9.64 Å². The van der Waals surface area contributed by atoms with Crippen LogP contribution in [0.3, 0.4) is 0 Å². The van der Waals surface area contributed by atoms with Gasteiger partial charge < -0.3 is 4.74 Å². The van der Waals surface area contributed by atoms with E-state index in [0.717, 1.165) is 17.0 Å². The second-order valence-electron chi connectivity index (χ2n) is 5.41. The van der Waals surface area contributed by atoms with Gasteiger partial charge in [-0.1, -0.05) is 12.1 Å². The Bertz CT molecular complexity index is 817. The van der Waals surface area contributed by atoms with Crippen LogP contribution in [0.15, 0.2) is 48.5 Å². The van der Waals surface area contributed by atoms with Gasteiger partial charge in [0.15, 0.2) is 0 Å². The number of ketones is 1. The molecule has 0 saturated carbocycles. The first-order chi connectivity index (χ1) is 11.7. The molecule has 2 aromatic rings. The highest BCUT2D eigenvalue weighted by molar-refractivity contribution is 6.44. The van der Waals surface area contributed by atoms with Crippen molar-refractivity contribution in [1.29, 1.82) is 0 Å². The highest BCUT2D eigenvalue weighted by atomic mass is 19.4. The Morgan fingerprint density at radius 1 is 1.04 bits per heavy atom. The lowest BCUT2D eigenvalue weighted by atomic mass is 10.0. The maximum Gasteiger partial charge on any atom is 0.573 e. The number of nitrogens with zero attached hydrogens (tertiary/aromatic N) is 1. The Kier molecular flexibility index (Phi) is 4.20. The maximum atomic E-state index is 13.4. The van der Waals surface area contributed by atoms with E-state index >= 15 is 0 Å². The number of amides is 1. The predicted octanol–water partition coefficient (Wildman–Crippen LogP) is 3.77. The Morgan fingerprint density at radius 2 is 1.72 bits per heavy atom. The first-order valence-electron chi connectivity index (χ1n) is 7.22. The van der Waals surface area contributed by atoms with Gasteiger partial charge in [-0.2, -0.15) is 0 Å². The number of benzene rings is 2. The molecule has 1 unspecified atom stereocenters. The minimum Gasteiger partial charge on any atom is -0.406 e. The summed E-state index contributed by atoms with van der Waals surface area (Å²) < 4.78 is 53.8. The average Bonchev–Trinajstić information content (AvgIpc) is 2.82. The standard InChI is InChI=1S/C17H11F4NO3/c18-11-3-1-2-10(8-11)14-9-15(23)16(24)22(14)12-4-6-13(7-5-12)25-17(19,20)21/h1-8,14H,9H2. The molecule has 1 heterocycles. The van der Waals surface area contributed by atoms with Crippen LogP contribution in [0.1, 0.15) is 18.0 Å². The summed E-state index contributed by atoms with van der Waals surface area (Å²) in [4.78, 5) is 25.1. The number of hydrogen-bond acceptors (Lipinski definition) is 3. The summed E-state index contributed by atoms with van der Waals surface area (Å²) in [7, 11) is 0. The number of Topliss-reactive ketones (excluding diaryl/α,β-unsaturated/α-hetero) is 1. The van der Waals surface area contributed by atoms with Crippen LogP contribution in [0.25, 0.3) is 0 Å². The Hall–Kier alpha value is -2.90. The molecular formula is C17H11F4NO3. The zero-order chi connectivity index (χ0) is 18.2. The summed E-state index contributed by atoms with van der Waals surface area (Å²) >= 11 is 0. The van der Waals surface area contributed by atoms with E-state index in [2.05, 4.69) is 4.74 Å². The van der Waals surface area contributed by atoms with E-state index in [4.69, 9.17) is 0 Å². The highest BCUT2D eigenvalue weighted by Crippen LogP contribution is 2.36. The molecule has 0 aromatic heterocycles. The lowest BCUT2D eigenvalue weighted by molar-refractivity contribution is -0.274. The van der Waals surface area contributed by atoms with Crippen molar-refractivity contribution >= 4 is 17.4 Å². The molecule has 1 atom stereocenters. The smallest absolute Gasteiger partial charge is 0.406 e. The molecule has 4 nitrogen and oxygen atoms in total. The summed E-state index contributed by atoms with van der Waals surface area (Å²) in [5, 5.41) is 0. The molecule has 0 bridgehead atoms. The van der Waals surface area contributed by atoms with Gasteiger partial charge in [0.2, 0.25) is 5.78 Å². The van der Waals surface area contributed by atoms with Crippen molar-refractivity contribution in [2.45, 2.75) is 18.8 Å². The van der Waals surface area contributed by atoms with Crippen LogP contribution in [0.4, 0.5) is 23.2 Å². The normalized spacial score (nSPS) is 17.9. The fourth-order valence-electron chi connectivity index (χ4n) is 2.72. The predicted molar refractivity (Wildman–Crippen MR) is 79.4 cm³/mol. The lowest BCUT2D eigenvalue weighted by Gasteiger charge is -2.24. The molecule has 1 fully saturated rings. The number of ether oxygens (including phenoxy) is 1. The molecule has 8 heteroatoms. The van der Waals surface area contributed by atoms with E-state index in [1.807, 2.05) is 0 Å². The van der Waals surface area contributed by atoms with Crippen LogP contribution in [0.2, 0.25) is 0 Å². The van der Waals surface area contributed by atoms with Crippen molar-refractivity contribution in [3.05, 3.63) is 59.9 Å². The highest BCUT2D eigenvalue weighted by Gasteiger charge is 2.40. The van der Waals surface area contributed by atoms with E-state index < -0.39 is 35.7 Å². The minimum absolute atomic E-state index is 0.136. The lowest BCUT2D eigenvalue weighted by Crippen LogP contribution is -2.29. The summed E-state index contributed by atoms with van der Waals surface area (Å²) in [5.41, 5.74) is 0.648. The van der Waals surface area contributed by atoms with Crippen LogP contribution in [-0.4, -0.2) is 18.1 Å². The molecule has 1 aliphatic rings. The zero-order valence-electron chi connectivity index (χ0n) is 12.6. The van der Waals surface area contributed by atoms with Crippen molar-refractivity contribution in [3.8, 4) is 5.75 Å². The Morgan fingerprint density at radius 3 is 2.32 bits per heavy atom. The molecular weight excluding hydrogens is 342 g/mol. The molecule has 3 rings (SSSR count). The fraction of sp³-hybridized carbons (Fsp3) is 0.176. The van der Waals surface area contributed by atoms with Crippen molar-refractivity contribution in [1.82, 2.24) is 0 Å². The van der Waals surface area contributed by atoms with E-state index in [9.17, 15) is 27.2 Å². The number of anilines is 1. The molecule has 0 aliphatic carbocycles. The Balaban J connectivity index is 1.92. The summed E-state index contributed by atoms with van der Waals surface area (Å²) in [6.07, 6.45) is -4.96. The van der Waals surface area contributed by atoms with Gasteiger partial charge in [0.05, 0.1) is 6.04 Å². The summed E-state index contributed by atoms with van der Waals surface area (Å²) in [6, 6.07) is 9.33. The average molecular weight is 353 g/mol. The van der Waals surface area contributed by atoms with Gasteiger partial charge in [-0.25, -0.2) is 4.39 Å². The first kappa shape index (κ1) is 16.9. The second-order valence-corrected chi connectivity index (χ2v) is 5.41. The number of carbonyl (C=O) groups excluding carboxylic acids is 2. The van der Waals surface area contributed by atoms with Gasteiger partial charge in [0.1, 0.15) is 11.6 Å². The number of hydrogen-bond donors (Lipinski definition) is 0. The van der Waals surface area contributed by atoms with Gasteiger partial charge in [-0.15, -0.1) is 13.2 Å². The molecule has 130 valence electrons. The minimum atomic E-state index is -4.83. The van der Waals surface area contributed by atoms with Gasteiger partial charge >= 0.3 is 6.36 Å². The van der Waals surface area contributed by atoms with Gasteiger partial charge in [-0.05, 0) is 42.0 Å². The van der Waals surface area contributed by atoms with Crippen molar-refractivity contribution in [2.24, 2.45) is 0 Å². The Labute approximate surface area is 139 Å². The third-order valence-corrected chi connectivity index (χ3v) is 3.73. The van der Waals surface area contributed by atoms with Gasteiger partial charge in [0.25, 0.3) is 5.91 Å². The number of halogens is 4. The molecule has 0 radical (unpaired) electrons. The van der Waals surface area contributed by atoms with Crippen molar-refractivity contribution in [2.75, 3.05) is 4.90 Å². The molecule has 1 saturated heterocycles. The largest absolute Gasteiger partial charge is 0.573 e. The van der Waals surface area contributed by atoms with E-state index in [0.29, 0.717) is 5.56 Å². The van der Waals surface area contributed by atoms with Gasteiger partial charge in [0, 0.05) is 12.1 Å². The van der Waals surface area contributed by atoms with E-state index in [1.165, 1.54) is 30.3 Å². The van der Waals surface area contributed by atoms with Crippen LogP contribution in [0, 0.1) is 5.82 Å².